The zero-order valence-electron chi connectivity index (χ0n) is 22.4. The molecule has 200 valence electrons. The van der Waals surface area contributed by atoms with E-state index in [1.807, 2.05) is 34.8 Å². The Hall–Kier alpha value is -3.56. The molecule has 0 amide bonds. The third-order valence-corrected chi connectivity index (χ3v) is 7.74. The third kappa shape index (κ3) is 4.83. The molecule has 2 aliphatic heterocycles. The van der Waals surface area contributed by atoms with E-state index < -0.39 is 0 Å². The van der Waals surface area contributed by atoms with E-state index >= 15 is 0 Å². The Kier molecular flexibility index (Phi) is 6.71. The molecule has 3 aliphatic rings. The van der Waals surface area contributed by atoms with Crippen molar-refractivity contribution in [3.8, 4) is 11.5 Å². The highest BCUT2D eigenvalue weighted by Gasteiger charge is 2.38. The van der Waals surface area contributed by atoms with Gasteiger partial charge in [0.1, 0.15) is 12.2 Å². The van der Waals surface area contributed by atoms with Gasteiger partial charge in [-0.1, -0.05) is 12.1 Å². The van der Waals surface area contributed by atoms with E-state index in [1.54, 1.807) is 7.11 Å². The number of hydrogen-bond donors (Lipinski definition) is 1. The lowest BCUT2D eigenvalue weighted by Gasteiger charge is -2.44. The highest BCUT2D eigenvalue weighted by molar-refractivity contribution is 5.70. The molecule has 2 fully saturated rings. The Morgan fingerprint density at radius 2 is 1.95 bits per heavy atom. The molecule has 0 saturated carbocycles. The van der Waals surface area contributed by atoms with Crippen molar-refractivity contribution in [2.24, 2.45) is 0 Å². The van der Waals surface area contributed by atoms with Gasteiger partial charge in [0.25, 0.3) is 0 Å². The summed E-state index contributed by atoms with van der Waals surface area (Å²) in [4.78, 5) is 9.45. The van der Waals surface area contributed by atoms with Crippen molar-refractivity contribution in [2.75, 3.05) is 58.9 Å². The largest absolute Gasteiger partial charge is 0.493 e. The number of pyridine rings is 1. The number of morpholine rings is 1. The van der Waals surface area contributed by atoms with Crippen LogP contribution in [0.15, 0.2) is 54.2 Å². The van der Waals surface area contributed by atoms with Gasteiger partial charge in [0.05, 0.1) is 19.4 Å². The first-order chi connectivity index (χ1) is 18.5. The number of ether oxygens (including phenoxy) is 3. The number of anilines is 2. The summed E-state index contributed by atoms with van der Waals surface area (Å²) in [5, 5.41) is 8.14. The van der Waals surface area contributed by atoms with Crippen molar-refractivity contribution in [1.29, 1.82) is 0 Å². The van der Waals surface area contributed by atoms with Crippen molar-refractivity contribution in [3.63, 3.8) is 0 Å². The topological polar surface area (TPSA) is 76.4 Å². The van der Waals surface area contributed by atoms with Gasteiger partial charge in [-0.2, -0.15) is 4.98 Å². The molecule has 4 heterocycles. The number of allylic oxidation sites excluding steroid dienone is 2. The predicted molar refractivity (Wildman–Crippen MR) is 148 cm³/mol. The van der Waals surface area contributed by atoms with Gasteiger partial charge in [0, 0.05) is 44.0 Å². The van der Waals surface area contributed by atoms with Crippen LogP contribution in [0.3, 0.4) is 0 Å². The van der Waals surface area contributed by atoms with Gasteiger partial charge in [-0.3, -0.25) is 4.90 Å². The summed E-state index contributed by atoms with van der Waals surface area (Å²) in [6.45, 7) is 7.72. The average Bonchev–Trinajstić information content (AvgIpc) is 3.58. The lowest BCUT2D eigenvalue weighted by atomic mass is 9.85. The van der Waals surface area contributed by atoms with Gasteiger partial charge in [0.15, 0.2) is 17.1 Å². The van der Waals surface area contributed by atoms with Crippen LogP contribution in [0, 0.1) is 0 Å². The summed E-state index contributed by atoms with van der Waals surface area (Å²) in [6.07, 6.45) is 7.70. The molecular formula is C29H36N6O3. The Morgan fingerprint density at radius 3 is 2.79 bits per heavy atom. The first kappa shape index (κ1) is 24.8. The van der Waals surface area contributed by atoms with Crippen molar-refractivity contribution in [2.45, 2.75) is 31.8 Å². The molecule has 1 unspecified atom stereocenters. The Balaban J connectivity index is 1.20. The maximum atomic E-state index is 6.24. The zero-order chi connectivity index (χ0) is 26.1. The van der Waals surface area contributed by atoms with Crippen LogP contribution in [0.5, 0.6) is 11.5 Å². The van der Waals surface area contributed by atoms with Crippen LogP contribution in [-0.4, -0.2) is 83.5 Å². The van der Waals surface area contributed by atoms with E-state index in [2.05, 4.69) is 47.3 Å². The van der Waals surface area contributed by atoms with Crippen LogP contribution in [-0.2, 0) is 4.74 Å². The summed E-state index contributed by atoms with van der Waals surface area (Å²) in [5.74, 6) is 1.94. The molecule has 38 heavy (non-hydrogen) atoms. The number of aromatic nitrogens is 3. The molecule has 9 heteroatoms. The average molecular weight is 517 g/mol. The molecule has 0 spiro atoms. The normalized spacial score (nSPS) is 21.7. The minimum atomic E-state index is -0.338. The van der Waals surface area contributed by atoms with Crippen molar-refractivity contribution in [3.05, 3.63) is 59.9 Å². The molecule has 3 aromatic rings. The van der Waals surface area contributed by atoms with E-state index in [-0.39, 0.29) is 5.60 Å². The Bertz CT molecular complexity index is 1380. The third-order valence-electron chi connectivity index (χ3n) is 7.74. The molecule has 1 atom stereocenters. The molecule has 2 aromatic heterocycles. The summed E-state index contributed by atoms with van der Waals surface area (Å²) in [7, 11) is 3.79. The van der Waals surface area contributed by atoms with E-state index in [0.29, 0.717) is 18.3 Å². The maximum absolute atomic E-state index is 6.24. The number of nitrogens with one attached hydrogen (secondary N) is 1. The number of likely N-dealkylation sites (tertiary alicyclic amines) is 1. The van der Waals surface area contributed by atoms with Gasteiger partial charge in [-0.05, 0) is 68.8 Å². The van der Waals surface area contributed by atoms with Gasteiger partial charge >= 0.3 is 0 Å². The van der Waals surface area contributed by atoms with Crippen LogP contribution in [0.4, 0.5) is 11.6 Å². The number of hydrogen-bond acceptors (Lipinski definition) is 8. The van der Waals surface area contributed by atoms with Crippen LogP contribution in [0.1, 0.15) is 31.9 Å². The van der Waals surface area contributed by atoms with Crippen LogP contribution >= 0.6 is 0 Å². The fourth-order valence-electron chi connectivity index (χ4n) is 5.71. The van der Waals surface area contributed by atoms with Gasteiger partial charge in [-0.25, -0.2) is 4.52 Å². The van der Waals surface area contributed by atoms with E-state index in [0.717, 1.165) is 62.0 Å². The lowest BCUT2D eigenvalue weighted by Crippen LogP contribution is -2.47. The number of methoxy groups -OCH3 is 1. The molecule has 1 N–H and O–H groups in total. The molecule has 9 nitrogen and oxygen atoms in total. The van der Waals surface area contributed by atoms with Crippen molar-refractivity contribution >= 4 is 22.9 Å². The maximum Gasteiger partial charge on any atom is 0.247 e. The number of nitrogens with zero attached hydrogens (tertiary/aromatic N) is 5. The van der Waals surface area contributed by atoms with Crippen molar-refractivity contribution in [1.82, 2.24) is 24.4 Å². The number of fused-ring (bicyclic) bond motifs is 2. The van der Waals surface area contributed by atoms with Gasteiger partial charge < -0.3 is 24.4 Å². The lowest BCUT2D eigenvalue weighted by molar-refractivity contribution is -0.0540. The molecule has 0 bridgehead atoms. The highest BCUT2D eigenvalue weighted by atomic mass is 16.5. The summed E-state index contributed by atoms with van der Waals surface area (Å²) in [5.41, 5.74) is 4.68. The van der Waals surface area contributed by atoms with Crippen LogP contribution in [0.25, 0.3) is 11.2 Å². The smallest absolute Gasteiger partial charge is 0.247 e. The van der Waals surface area contributed by atoms with Crippen LogP contribution in [0.2, 0.25) is 0 Å². The van der Waals surface area contributed by atoms with Crippen LogP contribution < -0.4 is 14.8 Å². The molecule has 6 rings (SSSR count). The number of likely N-dealkylation sites (N-methyl/N-ethyl adjacent to an activating group) is 1. The van der Waals surface area contributed by atoms with E-state index in [1.165, 1.54) is 24.1 Å². The standard InChI is InChI=1S/C29H36N6O3/c1-29-20-21(9-12-26(29)33(2)15-18-38-29)23-7-6-8-27-31-28(32-35(23)27)30-22-10-11-24(25(19-22)36-3)37-17-16-34-13-4-5-14-34/h6-12,19H,4-5,13-18,20H2,1-3H3,(H,30,32). The summed E-state index contributed by atoms with van der Waals surface area (Å²) in [6, 6.07) is 11.9. The monoisotopic (exact) mass is 516 g/mol. The predicted octanol–water partition coefficient (Wildman–Crippen LogP) is 4.35. The number of benzene rings is 1. The number of rotatable bonds is 8. The quantitative estimate of drug-likeness (QED) is 0.474. The Morgan fingerprint density at radius 1 is 1.08 bits per heavy atom. The first-order valence-electron chi connectivity index (χ1n) is 13.5. The van der Waals surface area contributed by atoms with Gasteiger partial charge in [0.2, 0.25) is 5.95 Å². The van der Waals surface area contributed by atoms with Crippen molar-refractivity contribution < 1.29 is 14.2 Å². The molecule has 0 radical (unpaired) electrons. The minimum Gasteiger partial charge on any atom is -0.493 e. The fraction of sp³-hybridized carbons (Fsp3) is 0.448. The molecule has 2 saturated heterocycles. The summed E-state index contributed by atoms with van der Waals surface area (Å²) >= 11 is 0. The van der Waals surface area contributed by atoms with E-state index in [9.17, 15) is 0 Å². The SMILES string of the molecule is COc1cc(Nc2nc3cccc(C4=CC=C5N(C)CCOC5(C)C4)n3n2)ccc1OCCN1CCCC1. The second-order valence-electron chi connectivity index (χ2n) is 10.4. The second kappa shape index (κ2) is 10.3. The minimum absolute atomic E-state index is 0.338. The zero-order valence-corrected chi connectivity index (χ0v) is 22.4. The molecular weight excluding hydrogens is 480 g/mol. The molecule has 1 aliphatic carbocycles. The van der Waals surface area contributed by atoms with Gasteiger partial charge in [-0.15, -0.1) is 5.10 Å². The second-order valence-corrected chi connectivity index (χ2v) is 10.4. The van der Waals surface area contributed by atoms with E-state index in [4.69, 9.17) is 24.3 Å². The molecule has 1 aromatic carbocycles. The summed E-state index contributed by atoms with van der Waals surface area (Å²) < 4.78 is 19.8. The first-order valence-corrected chi connectivity index (χ1v) is 13.5. The fourth-order valence-corrected chi connectivity index (χ4v) is 5.71. The highest BCUT2D eigenvalue weighted by Crippen LogP contribution is 2.40. The Labute approximate surface area is 223 Å².